The van der Waals surface area contributed by atoms with Gasteiger partial charge in [0.25, 0.3) is 5.56 Å². The molecule has 2 aromatic carbocycles. The number of hydrogen-bond acceptors (Lipinski definition) is 7. The standard InChI is InChI=1S/C26H21N7O3/c1-32-16-21(14-29-32)20-12-27-26(28-13-20)30-22-7-2-4-17(10-22)15-33-24(34)9-8-23(31-33)18-5-3-6-19(11-18)25(35)36/h2-14,16H,15H2,1H3,(H,35,36)(H,27,28,30). The highest BCUT2D eigenvalue weighted by atomic mass is 16.4. The van der Waals surface area contributed by atoms with Gasteiger partial charge in [-0.15, -0.1) is 0 Å². The zero-order valence-corrected chi connectivity index (χ0v) is 19.2. The molecule has 5 rings (SSSR count). The average Bonchev–Trinajstić information content (AvgIpc) is 3.32. The number of benzene rings is 2. The van der Waals surface area contributed by atoms with Crippen molar-refractivity contribution in [1.82, 2.24) is 29.5 Å². The third-order valence-electron chi connectivity index (χ3n) is 5.48. The number of carbonyl (C=O) groups is 1. The number of nitrogens with one attached hydrogen (secondary N) is 1. The molecule has 0 aliphatic rings. The van der Waals surface area contributed by atoms with Gasteiger partial charge in [-0.2, -0.15) is 10.2 Å². The first kappa shape index (κ1) is 22.7. The first-order chi connectivity index (χ1) is 17.4. The number of rotatable bonds is 7. The number of aromatic nitrogens is 6. The zero-order chi connectivity index (χ0) is 25.1. The molecule has 0 saturated carbocycles. The number of anilines is 2. The summed E-state index contributed by atoms with van der Waals surface area (Å²) in [6.07, 6.45) is 7.10. The van der Waals surface area contributed by atoms with Crippen LogP contribution in [0.25, 0.3) is 22.4 Å². The van der Waals surface area contributed by atoms with E-state index in [1.54, 1.807) is 41.5 Å². The molecule has 5 aromatic rings. The summed E-state index contributed by atoms with van der Waals surface area (Å²) in [4.78, 5) is 32.5. The average molecular weight is 480 g/mol. The molecule has 178 valence electrons. The van der Waals surface area contributed by atoms with E-state index in [1.807, 2.05) is 37.5 Å². The number of aromatic carboxylic acids is 1. The topological polar surface area (TPSA) is 128 Å². The summed E-state index contributed by atoms with van der Waals surface area (Å²) in [6.45, 7) is 0.238. The third-order valence-corrected chi connectivity index (χ3v) is 5.48. The molecular weight excluding hydrogens is 458 g/mol. The predicted octanol–water partition coefficient (Wildman–Crippen LogP) is 3.59. The van der Waals surface area contributed by atoms with Crippen molar-refractivity contribution < 1.29 is 9.90 Å². The molecule has 0 bridgehead atoms. The molecule has 0 aliphatic heterocycles. The van der Waals surface area contributed by atoms with Crippen molar-refractivity contribution in [3.8, 4) is 22.4 Å². The second kappa shape index (κ2) is 9.63. The molecule has 3 heterocycles. The fraction of sp³-hybridized carbons (Fsp3) is 0.0769. The maximum atomic E-state index is 12.5. The Morgan fingerprint density at radius 1 is 0.944 bits per heavy atom. The summed E-state index contributed by atoms with van der Waals surface area (Å²) < 4.78 is 3.07. The highest BCUT2D eigenvalue weighted by molar-refractivity contribution is 5.89. The smallest absolute Gasteiger partial charge is 0.335 e. The lowest BCUT2D eigenvalue weighted by Crippen LogP contribution is -2.22. The van der Waals surface area contributed by atoms with Crippen LogP contribution < -0.4 is 10.9 Å². The van der Waals surface area contributed by atoms with E-state index in [4.69, 9.17) is 0 Å². The van der Waals surface area contributed by atoms with E-state index >= 15 is 0 Å². The summed E-state index contributed by atoms with van der Waals surface area (Å²) in [5.74, 6) is -0.583. The minimum absolute atomic E-state index is 0.154. The Labute approximate surface area is 205 Å². The number of carboxylic acid groups (broad SMARTS) is 1. The first-order valence-electron chi connectivity index (χ1n) is 11.0. The monoisotopic (exact) mass is 479 g/mol. The van der Waals surface area contributed by atoms with Crippen molar-refractivity contribution in [2.24, 2.45) is 7.05 Å². The van der Waals surface area contributed by atoms with Crippen molar-refractivity contribution in [1.29, 1.82) is 0 Å². The van der Waals surface area contributed by atoms with Crippen LogP contribution in [-0.4, -0.2) is 40.6 Å². The van der Waals surface area contributed by atoms with Gasteiger partial charge in [0.1, 0.15) is 0 Å². The summed E-state index contributed by atoms with van der Waals surface area (Å²) in [6, 6.07) is 17.0. The lowest BCUT2D eigenvalue weighted by molar-refractivity contribution is 0.0697. The molecule has 10 nitrogen and oxygen atoms in total. The molecule has 36 heavy (non-hydrogen) atoms. The Balaban J connectivity index is 1.34. The van der Waals surface area contributed by atoms with Crippen LogP contribution in [0.4, 0.5) is 11.6 Å². The van der Waals surface area contributed by atoms with Crippen molar-refractivity contribution >= 4 is 17.6 Å². The Morgan fingerprint density at radius 3 is 2.50 bits per heavy atom. The Kier molecular flexibility index (Phi) is 6.06. The van der Waals surface area contributed by atoms with Crippen molar-refractivity contribution in [2.45, 2.75) is 6.54 Å². The molecule has 10 heteroatoms. The van der Waals surface area contributed by atoms with Gasteiger partial charge < -0.3 is 10.4 Å². The van der Waals surface area contributed by atoms with E-state index in [2.05, 4.69) is 25.5 Å². The molecular formula is C26H21N7O3. The van der Waals surface area contributed by atoms with Crippen LogP contribution in [0.2, 0.25) is 0 Å². The lowest BCUT2D eigenvalue weighted by Gasteiger charge is -2.10. The largest absolute Gasteiger partial charge is 0.478 e. The summed E-state index contributed by atoms with van der Waals surface area (Å²) in [7, 11) is 1.85. The molecule has 3 aromatic heterocycles. The SMILES string of the molecule is Cn1cc(-c2cnc(Nc3cccc(Cn4nc(-c5cccc(C(=O)O)c5)ccc4=O)c3)nc2)cn1. The minimum Gasteiger partial charge on any atom is -0.478 e. The van der Waals surface area contributed by atoms with E-state index in [0.717, 1.165) is 22.4 Å². The van der Waals surface area contributed by atoms with Crippen molar-refractivity contribution in [3.05, 3.63) is 107 Å². The molecule has 0 amide bonds. The Morgan fingerprint density at radius 2 is 1.75 bits per heavy atom. The molecule has 0 aliphatic carbocycles. The number of nitrogens with zero attached hydrogens (tertiary/aromatic N) is 6. The van der Waals surface area contributed by atoms with Crippen LogP contribution in [0.1, 0.15) is 15.9 Å². The molecule has 0 radical (unpaired) electrons. The van der Waals surface area contributed by atoms with Gasteiger partial charge in [0.2, 0.25) is 5.95 Å². The van der Waals surface area contributed by atoms with Gasteiger partial charge in [0.05, 0.1) is 24.0 Å². The van der Waals surface area contributed by atoms with Crippen LogP contribution >= 0.6 is 0 Å². The van der Waals surface area contributed by atoms with Crippen LogP contribution in [0.15, 0.2) is 90.2 Å². The van der Waals surface area contributed by atoms with E-state index in [0.29, 0.717) is 17.2 Å². The number of aryl methyl sites for hydroxylation is 1. The van der Waals surface area contributed by atoms with Gasteiger partial charge in [-0.25, -0.2) is 19.4 Å². The molecule has 0 atom stereocenters. The first-order valence-corrected chi connectivity index (χ1v) is 11.0. The van der Waals surface area contributed by atoms with Crippen LogP contribution in [0.3, 0.4) is 0 Å². The van der Waals surface area contributed by atoms with E-state index in [-0.39, 0.29) is 17.7 Å². The van der Waals surface area contributed by atoms with Gasteiger partial charge in [0, 0.05) is 54.1 Å². The maximum Gasteiger partial charge on any atom is 0.335 e. The van der Waals surface area contributed by atoms with Gasteiger partial charge in [-0.1, -0.05) is 24.3 Å². The van der Waals surface area contributed by atoms with E-state index < -0.39 is 5.97 Å². The fourth-order valence-corrected chi connectivity index (χ4v) is 3.69. The summed E-state index contributed by atoms with van der Waals surface area (Å²) >= 11 is 0. The van der Waals surface area contributed by atoms with Crippen molar-refractivity contribution in [2.75, 3.05) is 5.32 Å². The van der Waals surface area contributed by atoms with Crippen LogP contribution in [-0.2, 0) is 13.6 Å². The molecule has 2 N–H and O–H groups in total. The molecule has 0 saturated heterocycles. The highest BCUT2D eigenvalue weighted by Crippen LogP contribution is 2.20. The van der Waals surface area contributed by atoms with Gasteiger partial charge in [-0.3, -0.25) is 9.48 Å². The van der Waals surface area contributed by atoms with Gasteiger partial charge in [-0.05, 0) is 35.9 Å². The highest BCUT2D eigenvalue weighted by Gasteiger charge is 2.09. The zero-order valence-electron chi connectivity index (χ0n) is 19.2. The van der Waals surface area contributed by atoms with E-state index in [9.17, 15) is 14.7 Å². The fourth-order valence-electron chi connectivity index (χ4n) is 3.69. The lowest BCUT2D eigenvalue weighted by atomic mass is 10.1. The summed E-state index contributed by atoms with van der Waals surface area (Å²) in [5.41, 5.74) is 4.42. The normalized spacial score (nSPS) is 10.8. The predicted molar refractivity (Wildman–Crippen MR) is 134 cm³/mol. The second-order valence-electron chi connectivity index (χ2n) is 8.12. The van der Waals surface area contributed by atoms with E-state index in [1.165, 1.54) is 22.9 Å². The number of hydrogen-bond donors (Lipinski definition) is 2. The Bertz CT molecular complexity index is 1610. The molecule has 0 fully saturated rings. The van der Waals surface area contributed by atoms with Gasteiger partial charge in [0.15, 0.2) is 0 Å². The number of carboxylic acids is 1. The van der Waals surface area contributed by atoms with Gasteiger partial charge >= 0.3 is 5.97 Å². The van der Waals surface area contributed by atoms with Crippen molar-refractivity contribution in [3.63, 3.8) is 0 Å². The molecule has 0 spiro atoms. The molecule has 0 unspecified atom stereocenters. The minimum atomic E-state index is -1.02. The third kappa shape index (κ3) is 5.02. The second-order valence-corrected chi connectivity index (χ2v) is 8.12. The van der Waals surface area contributed by atoms with Crippen LogP contribution in [0.5, 0.6) is 0 Å². The maximum absolute atomic E-state index is 12.5. The Hall–Kier alpha value is -5.12. The summed E-state index contributed by atoms with van der Waals surface area (Å²) in [5, 5.41) is 21.0. The van der Waals surface area contributed by atoms with Crippen LogP contribution in [0, 0.1) is 0 Å². The quantitative estimate of drug-likeness (QED) is 0.362.